The topological polar surface area (TPSA) is 20.2 Å². The highest BCUT2D eigenvalue weighted by Gasteiger charge is 2.29. The fourth-order valence-corrected chi connectivity index (χ4v) is 3.69. The van der Waals surface area contributed by atoms with Crippen molar-refractivity contribution in [3.63, 3.8) is 0 Å². The second kappa shape index (κ2) is 7.28. The highest BCUT2D eigenvalue weighted by molar-refractivity contribution is 5.49. The third kappa shape index (κ3) is 4.99. The Bertz CT molecular complexity index is 488. The van der Waals surface area contributed by atoms with Crippen molar-refractivity contribution in [1.29, 1.82) is 0 Å². The van der Waals surface area contributed by atoms with Crippen LogP contribution in [0.15, 0.2) is 12.1 Å². The predicted molar refractivity (Wildman–Crippen MR) is 103 cm³/mol. The lowest BCUT2D eigenvalue weighted by atomic mass is 9.71. The van der Waals surface area contributed by atoms with E-state index in [0.29, 0.717) is 17.6 Å². The second-order valence-electron chi connectivity index (χ2n) is 9.24. The van der Waals surface area contributed by atoms with E-state index in [1.807, 2.05) is 0 Å². The maximum Gasteiger partial charge on any atom is 0.122 e. The molecule has 1 aromatic carbocycles. The molecular weight excluding hydrogens is 280 g/mol. The average Bonchev–Trinajstić information content (AvgIpc) is 2.43. The molecule has 1 N–H and O–H groups in total. The van der Waals surface area contributed by atoms with Crippen LogP contribution >= 0.6 is 0 Å². The fraction of sp³-hybridized carbons (Fsp3) is 0.727. The average molecular weight is 319 g/mol. The molecule has 0 bridgehead atoms. The lowest BCUT2D eigenvalue weighted by Gasteiger charge is -2.34. The van der Waals surface area contributed by atoms with Crippen LogP contribution in [0.4, 0.5) is 0 Å². The Labute approximate surface area is 144 Å². The molecule has 23 heavy (non-hydrogen) atoms. The summed E-state index contributed by atoms with van der Waals surface area (Å²) in [6, 6.07) is 4.53. The summed E-state index contributed by atoms with van der Waals surface area (Å²) >= 11 is 0. The van der Waals surface area contributed by atoms with E-state index in [2.05, 4.69) is 74.4 Å². The minimum atomic E-state index is 0.108. The number of phenolic OH excluding ortho intramolecular Hbond substituents is 1. The number of phenols is 1. The summed E-state index contributed by atoms with van der Waals surface area (Å²) in [5.41, 5.74) is 4.02. The van der Waals surface area contributed by atoms with Crippen LogP contribution in [0.1, 0.15) is 110 Å². The third-order valence-corrected chi connectivity index (χ3v) is 5.21. The zero-order valence-electron chi connectivity index (χ0n) is 16.9. The zero-order valence-corrected chi connectivity index (χ0v) is 16.9. The fourth-order valence-electron chi connectivity index (χ4n) is 3.69. The zero-order chi connectivity index (χ0) is 18.0. The van der Waals surface area contributed by atoms with Crippen molar-refractivity contribution in [2.45, 2.75) is 98.8 Å². The van der Waals surface area contributed by atoms with Gasteiger partial charge in [0.25, 0.3) is 0 Å². The van der Waals surface area contributed by atoms with Gasteiger partial charge in [0.1, 0.15) is 5.75 Å². The van der Waals surface area contributed by atoms with Crippen molar-refractivity contribution in [3.8, 4) is 5.75 Å². The summed E-state index contributed by atoms with van der Waals surface area (Å²) in [6.45, 7) is 20.4. The van der Waals surface area contributed by atoms with E-state index in [1.165, 1.54) is 5.56 Å². The lowest BCUT2D eigenvalue weighted by molar-refractivity contribution is 0.283. The van der Waals surface area contributed by atoms with Crippen molar-refractivity contribution in [2.24, 2.45) is 5.41 Å². The molecular formula is C22H38O. The third-order valence-electron chi connectivity index (χ3n) is 5.21. The molecule has 2 unspecified atom stereocenters. The summed E-state index contributed by atoms with van der Waals surface area (Å²) in [5, 5.41) is 10.8. The van der Waals surface area contributed by atoms with Crippen LogP contribution in [0.3, 0.4) is 0 Å². The summed E-state index contributed by atoms with van der Waals surface area (Å²) < 4.78 is 0. The predicted octanol–water partition coefficient (Wildman–Crippen LogP) is 7.13. The number of benzene rings is 1. The summed E-state index contributed by atoms with van der Waals surface area (Å²) in [6.07, 6.45) is 3.23. The SMILES string of the molecule is CCC(C)c1cc(C(C)(C)CC(C)(C)C)cc(C(C)CC)c1O. The molecule has 0 radical (unpaired) electrons. The summed E-state index contributed by atoms with van der Waals surface area (Å²) in [4.78, 5) is 0. The number of aromatic hydroxyl groups is 1. The molecule has 0 fully saturated rings. The number of rotatable bonds is 6. The van der Waals surface area contributed by atoms with Crippen LogP contribution in [0.2, 0.25) is 0 Å². The monoisotopic (exact) mass is 318 g/mol. The van der Waals surface area contributed by atoms with Gasteiger partial charge in [-0.2, -0.15) is 0 Å². The normalized spacial score (nSPS) is 15.5. The molecule has 0 aliphatic carbocycles. The van der Waals surface area contributed by atoms with Gasteiger partial charge < -0.3 is 5.11 Å². The van der Waals surface area contributed by atoms with E-state index < -0.39 is 0 Å². The number of hydrogen-bond acceptors (Lipinski definition) is 1. The molecule has 1 aromatic rings. The van der Waals surface area contributed by atoms with Crippen molar-refractivity contribution in [3.05, 3.63) is 28.8 Å². The van der Waals surface area contributed by atoms with E-state index in [9.17, 15) is 5.11 Å². The van der Waals surface area contributed by atoms with Gasteiger partial charge in [0.15, 0.2) is 0 Å². The van der Waals surface area contributed by atoms with E-state index in [4.69, 9.17) is 0 Å². The molecule has 132 valence electrons. The molecule has 1 rings (SSSR count). The van der Waals surface area contributed by atoms with E-state index in [1.54, 1.807) is 0 Å². The first-order valence-electron chi connectivity index (χ1n) is 9.30. The maximum atomic E-state index is 10.8. The molecule has 1 nitrogen and oxygen atoms in total. The summed E-state index contributed by atoms with van der Waals surface area (Å²) in [5.74, 6) is 1.32. The first-order chi connectivity index (χ1) is 10.4. The molecule has 0 aliphatic heterocycles. The van der Waals surface area contributed by atoms with Gasteiger partial charge in [0, 0.05) is 0 Å². The van der Waals surface area contributed by atoms with Crippen LogP contribution < -0.4 is 0 Å². The van der Waals surface area contributed by atoms with Crippen LogP contribution in [-0.4, -0.2) is 5.11 Å². The molecule has 2 atom stereocenters. The van der Waals surface area contributed by atoms with E-state index >= 15 is 0 Å². The Balaban J connectivity index is 3.48. The van der Waals surface area contributed by atoms with Gasteiger partial charge in [-0.15, -0.1) is 0 Å². The quantitative estimate of drug-likeness (QED) is 0.591. The molecule has 0 saturated heterocycles. The van der Waals surface area contributed by atoms with Gasteiger partial charge in [-0.3, -0.25) is 0 Å². The van der Waals surface area contributed by atoms with Crippen LogP contribution in [0.25, 0.3) is 0 Å². The van der Waals surface area contributed by atoms with E-state index in [-0.39, 0.29) is 10.8 Å². The van der Waals surface area contributed by atoms with E-state index in [0.717, 1.165) is 30.4 Å². The first-order valence-corrected chi connectivity index (χ1v) is 9.30. The molecule has 0 aromatic heterocycles. The van der Waals surface area contributed by atoms with Crippen molar-refractivity contribution < 1.29 is 5.11 Å². The maximum absolute atomic E-state index is 10.8. The van der Waals surface area contributed by atoms with Crippen LogP contribution in [0.5, 0.6) is 5.75 Å². The molecule has 0 heterocycles. The standard InChI is InChI=1S/C22H38O/c1-10-15(3)18-12-17(22(8,9)14-21(5,6)7)13-19(20(18)23)16(4)11-2/h12-13,15-16,23H,10-11,14H2,1-9H3. The van der Waals surface area contributed by atoms with Crippen molar-refractivity contribution in [1.82, 2.24) is 0 Å². The Morgan fingerprint density at radius 2 is 1.26 bits per heavy atom. The number of hydrogen-bond donors (Lipinski definition) is 1. The lowest BCUT2D eigenvalue weighted by Crippen LogP contribution is -2.25. The van der Waals surface area contributed by atoms with Crippen LogP contribution in [0, 0.1) is 5.41 Å². The van der Waals surface area contributed by atoms with Gasteiger partial charge in [-0.25, -0.2) is 0 Å². The van der Waals surface area contributed by atoms with Gasteiger partial charge in [-0.1, -0.05) is 74.4 Å². The molecule has 0 amide bonds. The molecule has 0 spiro atoms. The van der Waals surface area contributed by atoms with Crippen LogP contribution in [-0.2, 0) is 5.41 Å². The minimum absolute atomic E-state index is 0.108. The Kier molecular flexibility index (Phi) is 6.35. The van der Waals surface area contributed by atoms with Crippen molar-refractivity contribution in [2.75, 3.05) is 0 Å². The van der Waals surface area contributed by atoms with Gasteiger partial charge in [0.2, 0.25) is 0 Å². The smallest absolute Gasteiger partial charge is 0.122 e. The minimum Gasteiger partial charge on any atom is -0.507 e. The Morgan fingerprint density at radius 3 is 1.57 bits per heavy atom. The largest absolute Gasteiger partial charge is 0.507 e. The Morgan fingerprint density at radius 1 is 0.870 bits per heavy atom. The van der Waals surface area contributed by atoms with Crippen molar-refractivity contribution >= 4 is 0 Å². The molecule has 1 heteroatoms. The summed E-state index contributed by atoms with van der Waals surface area (Å²) in [7, 11) is 0. The second-order valence-corrected chi connectivity index (χ2v) is 9.24. The molecule has 0 saturated carbocycles. The van der Waals surface area contributed by atoms with Gasteiger partial charge >= 0.3 is 0 Å². The van der Waals surface area contributed by atoms with Gasteiger partial charge in [-0.05, 0) is 58.6 Å². The van der Waals surface area contributed by atoms with Gasteiger partial charge in [0.05, 0.1) is 0 Å². The highest BCUT2D eigenvalue weighted by Crippen LogP contribution is 2.43. The highest BCUT2D eigenvalue weighted by atomic mass is 16.3. The first kappa shape index (κ1) is 20.1. The Hall–Kier alpha value is -0.980. The molecule has 0 aliphatic rings.